The van der Waals surface area contributed by atoms with E-state index in [2.05, 4.69) is 0 Å². The lowest BCUT2D eigenvalue weighted by Gasteiger charge is -2.41. The Morgan fingerprint density at radius 2 is 1.52 bits per heavy atom. The van der Waals surface area contributed by atoms with Crippen molar-refractivity contribution in [3.8, 4) is 28.7 Å². The Hall–Kier alpha value is -2.60. The predicted molar refractivity (Wildman–Crippen MR) is 70.6 cm³/mol. The second-order valence-electron chi connectivity index (χ2n) is 5.17. The molecule has 0 saturated carbocycles. The molecular weight excluding hydrogens is 276 g/mol. The number of rotatable bonds is 0. The van der Waals surface area contributed by atoms with E-state index in [4.69, 9.17) is 9.47 Å². The largest absolute Gasteiger partial charge is 0.508 e. The van der Waals surface area contributed by atoms with Crippen LogP contribution in [0.15, 0.2) is 30.3 Å². The molecule has 108 valence electrons. The second-order valence-corrected chi connectivity index (χ2v) is 5.17. The summed E-state index contributed by atoms with van der Waals surface area (Å²) in [5.41, 5.74) is 0.885. The number of hydrogen-bond acceptors (Lipinski definition) is 6. The van der Waals surface area contributed by atoms with E-state index in [0.29, 0.717) is 11.3 Å². The molecule has 0 unspecified atom stereocenters. The van der Waals surface area contributed by atoms with Crippen LogP contribution in [-0.4, -0.2) is 26.5 Å². The summed E-state index contributed by atoms with van der Waals surface area (Å²) in [6.45, 7) is 0. The first-order chi connectivity index (χ1) is 10.0. The van der Waals surface area contributed by atoms with Gasteiger partial charge in [0, 0.05) is 23.8 Å². The molecule has 0 fully saturated rings. The second kappa shape index (κ2) is 3.95. The monoisotopic (exact) mass is 288 g/mol. The minimum Gasteiger partial charge on any atom is -0.508 e. The zero-order valence-electron chi connectivity index (χ0n) is 10.7. The molecule has 0 spiro atoms. The van der Waals surface area contributed by atoms with Gasteiger partial charge in [-0.25, -0.2) is 0 Å². The Labute approximate surface area is 119 Å². The van der Waals surface area contributed by atoms with Crippen molar-refractivity contribution in [3.05, 3.63) is 41.5 Å². The zero-order valence-corrected chi connectivity index (χ0v) is 10.7. The van der Waals surface area contributed by atoms with Gasteiger partial charge in [0.25, 0.3) is 0 Å². The molecule has 0 aromatic heterocycles. The van der Waals surface area contributed by atoms with Gasteiger partial charge in [-0.3, -0.25) is 0 Å². The van der Waals surface area contributed by atoms with Crippen molar-refractivity contribution in [1.29, 1.82) is 0 Å². The van der Waals surface area contributed by atoms with Gasteiger partial charge >= 0.3 is 0 Å². The van der Waals surface area contributed by atoms with E-state index in [-0.39, 0.29) is 28.6 Å². The van der Waals surface area contributed by atoms with Crippen LogP contribution in [0.1, 0.15) is 23.3 Å². The number of aromatic hydroxyl groups is 3. The summed E-state index contributed by atoms with van der Waals surface area (Å²) < 4.78 is 11.4. The highest BCUT2D eigenvalue weighted by Gasteiger charge is 2.46. The Morgan fingerprint density at radius 3 is 2.33 bits per heavy atom. The molecule has 2 aromatic rings. The number of benzene rings is 2. The maximum atomic E-state index is 10.4. The highest BCUT2D eigenvalue weighted by molar-refractivity contribution is 5.56. The molecule has 2 aliphatic heterocycles. The number of phenolic OH excluding ortho intramolecular Hbond substituents is 3. The highest BCUT2D eigenvalue weighted by Crippen LogP contribution is 2.53. The lowest BCUT2D eigenvalue weighted by Crippen LogP contribution is -2.40. The van der Waals surface area contributed by atoms with Crippen LogP contribution < -0.4 is 9.47 Å². The van der Waals surface area contributed by atoms with Crippen LogP contribution in [0.4, 0.5) is 0 Å². The van der Waals surface area contributed by atoms with Crippen molar-refractivity contribution in [2.45, 2.75) is 18.3 Å². The Bertz CT molecular complexity index is 741. The summed E-state index contributed by atoms with van der Waals surface area (Å²) in [6, 6.07) is 7.07. The number of hydrogen-bond donors (Lipinski definition) is 4. The lowest BCUT2D eigenvalue weighted by atomic mass is 9.88. The van der Waals surface area contributed by atoms with Gasteiger partial charge in [0.2, 0.25) is 0 Å². The molecule has 0 saturated heterocycles. The molecule has 0 amide bonds. The molecule has 2 heterocycles. The fourth-order valence-corrected chi connectivity index (χ4v) is 2.89. The van der Waals surface area contributed by atoms with Gasteiger partial charge in [-0.1, -0.05) is 0 Å². The van der Waals surface area contributed by atoms with Crippen LogP contribution >= 0.6 is 0 Å². The summed E-state index contributed by atoms with van der Waals surface area (Å²) >= 11 is 0. The topological polar surface area (TPSA) is 99.4 Å². The van der Waals surface area contributed by atoms with Crippen molar-refractivity contribution in [2.24, 2.45) is 0 Å². The summed E-state index contributed by atoms with van der Waals surface area (Å²) in [7, 11) is 0. The van der Waals surface area contributed by atoms with E-state index in [1.165, 1.54) is 18.2 Å². The summed E-state index contributed by atoms with van der Waals surface area (Å²) in [4.78, 5) is 0. The van der Waals surface area contributed by atoms with E-state index in [1.807, 2.05) is 0 Å². The fraction of sp³-hybridized carbons (Fsp3) is 0.200. The third kappa shape index (κ3) is 1.62. The molecule has 4 N–H and O–H groups in total. The van der Waals surface area contributed by atoms with Crippen LogP contribution in [0.3, 0.4) is 0 Å². The third-order valence-electron chi connectivity index (χ3n) is 3.82. The van der Waals surface area contributed by atoms with Gasteiger partial charge in [0.15, 0.2) is 12.2 Å². The Kier molecular flexibility index (Phi) is 2.29. The summed E-state index contributed by atoms with van der Waals surface area (Å²) in [6.07, 6.45) is -2.51. The minimum atomic E-state index is -0.995. The number of aliphatic hydroxyl groups is 1. The quantitative estimate of drug-likeness (QED) is 0.589. The zero-order chi connectivity index (χ0) is 14.7. The summed E-state index contributed by atoms with van der Waals surface area (Å²) in [5, 5.41) is 39.4. The third-order valence-corrected chi connectivity index (χ3v) is 3.82. The number of aliphatic hydroxyl groups excluding tert-OH is 1. The standard InChI is InChI=1S/C15H12O6/c16-6-1-2-8-10(4-6)20-15-12-9(18)3-7(17)5-11(12)21-14(8)13(15)19/h1-5,13-19H/t13-,14+,15+/m1/s1. The molecule has 6 heteroatoms. The number of ether oxygens (including phenoxy) is 2. The van der Waals surface area contributed by atoms with Crippen molar-refractivity contribution < 1.29 is 29.9 Å². The number of phenols is 3. The molecule has 2 aliphatic rings. The van der Waals surface area contributed by atoms with E-state index >= 15 is 0 Å². The van der Waals surface area contributed by atoms with Crippen molar-refractivity contribution in [1.82, 2.24) is 0 Å². The minimum absolute atomic E-state index is 0.0402. The number of fused-ring (bicyclic) bond motifs is 6. The van der Waals surface area contributed by atoms with Crippen molar-refractivity contribution in [3.63, 3.8) is 0 Å². The van der Waals surface area contributed by atoms with Gasteiger partial charge < -0.3 is 29.9 Å². The molecule has 0 aliphatic carbocycles. The predicted octanol–water partition coefficient (Wildman–Crippen LogP) is 1.73. The van der Waals surface area contributed by atoms with Crippen LogP contribution in [0.2, 0.25) is 0 Å². The van der Waals surface area contributed by atoms with Crippen LogP contribution in [-0.2, 0) is 0 Å². The molecule has 0 radical (unpaired) electrons. The van der Waals surface area contributed by atoms with Crippen molar-refractivity contribution in [2.75, 3.05) is 0 Å². The van der Waals surface area contributed by atoms with Crippen LogP contribution in [0.25, 0.3) is 0 Å². The molecule has 4 rings (SSSR count). The van der Waals surface area contributed by atoms with Gasteiger partial charge in [0.1, 0.15) is 34.9 Å². The SMILES string of the molecule is Oc1ccc2c(c1)O[C@H]1c3c(O)cc(O)cc3O[C@@H]2[C@H]1O. The van der Waals surface area contributed by atoms with E-state index in [1.54, 1.807) is 6.07 Å². The van der Waals surface area contributed by atoms with Crippen LogP contribution in [0.5, 0.6) is 28.7 Å². The molecular formula is C15H12O6. The fourth-order valence-electron chi connectivity index (χ4n) is 2.89. The van der Waals surface area contributed by atoms with E-state index in [9.17, 15) is 20.4 Å². The average molecular weight is 288 g/mol. The smallest absolute Gasteiger partial charge is 0.161 e. The lowest BCUT2D eigenvalue weighted by molar-refractivity contribution is -0.0778. The van der Waals surface area contributed by atoms with E-state index in [0.717, 1.165) is 6.07 Å². The van der Waals surface area contributed by atoms with Gasteiger partial charge in [-0.2, -0.15) is 0 Å². The molecule has 2 bridgehead atoms. The van der Waals surface area contributed by atoms with Crippen molar-refractivity contribution >= 4 is 0 Å². The first kappa shape index (κ1) is 12.2. The van der Waals surface area contributed by atoms with Gasteiger partial charge in [-0.05, 0) is 12.1 Å². The highest BCUT2D eigenvalue weighted by atomic mass is 16.5. The Morgan fingerprint density at radius 1 is 0.810 bits per heavy atom. The van der Waals surface area contributed by atoms with Gasteiger partial charge in [-0.15, -0.1) is 0 Å². The van der Waals surface area contributed by atoms with Gasteiger partial charge in [0.05, 0.1) is 5.56 Å². The van der Waals surface area contributed by atoms with Crippen LogP contribution in [0, 0.1) is 0 Å². The first-order valence-electron chi connectivity index (χ1n) is 6.45. The molecule has 3 atom stereocenters. The Balaban J connectivity index is 1.91. The average Bonchev–Trinajstić information content (AvgIpc) is 2.40. The maximum absolute atomic E-state index is 10.4. The molecule has 6 nitrogen and oxygen atoms in total. The normalized spacial score (nSPS) is 25.3. The summed E-state index contributed by atoms with van der Waals surface area (Å²) in [5.74, 6) is 0.362. The molecule has 21 heavy (non-hydrogen) atoms. The van der Waals surface area contributed by atoms with E-state index < -0.39 is 18.3 Å². The first-order valence-corrected chi connectivity index (χ1v) is 6.45. The maximum Gasteiger partial charge on any atom is 0.161 e. The molecule has 2 aromatic carbocycles.